The molecule has 2 aromatic rings. The van der Waals surface area contributed by atoms with Crippen molar-refractivity contribution in [1.82, 2.24) is 10.3 Å². The molecular weight excluding hydrogens is 300 g/mol. The highest BCUT2D eigenvalue weighted by Crippen LogP contribution is 2.36. The van der Waals surface area contributed by atoms with E-state index in [-0.39, 0.29) is 12.0 Å². The lowest BCUT2D eigenvalue weighted by atomic mass is 10.1. The molecule has 118 valence electrons. The molecule has 2 N–H and O–H groups in total. The van der Waals surface area contributed by atoms with Gasteiger partial charge >= 0.3 is 0 Å². The highest BCUT2D eigenvalue weighted by Gasteiger charge is 2.28. The summed E-state index contributed by atoms with van der Waals surface area (Å²) in [4.78, 5) is 3.99. The quantitative estimate of drug-likeness (QED) is 0.853. The molecule has 0 saturated carbocycles. The lowest BCUT2D eigenvalue weighted by molar-refractivity contribution is 0.104. The van der Waals surface area contributed by atoms with Gasteiger partial charge < -0.3 is 14.3 Å². The van der Waals surface area contributed by atoms with Crippen molar-refractivity contribution >= 4 is 11.8 Å². The molecule has 2 atom stereocenters. The van der Waals surface area contributed by atoms with Crippen LogP contribution in [0, 0.1) is 0 Å². The highest BCUT2D eigenvalue weighted by atomic mass is 32.2. The van der Waals surface area contributed by atoms with Crippen molar-refractivity contribution in [3.63, 3.8) is 0 Å². The van der Waals surface area contributed by atoms with Crippen LogP contribution in [-0.2, 0) is 24.6 Å². The molecule has 2 aromatic heterocycles. The summed E-state index contributed by atoms with van der Waals surface area (Å²) in [7, 11) is 0. The fraction of sp³-hybridized carbons (Fsp3) is 0.438. The van der Waals surface area contributed by atoms with Crippen molar-refractivity contribution in [2.45, 2.75) is 38.2 Å². The summed E-state index contributed by atoms with van der Waals surface area (Å²) in [5.41, 5.74) is 2.83. The summed E-state index contributed by atoms with van der Waals surface area (Å²) >= 11 is 1.82. The van der Waals surface area contributed by atoms with E-state index < -0.39 is 0 Å². The molecular formula is C16H20N2O3S. The van der Waals surface area contributed by atoms with Crippen LogP contribution in [0.5, 0.6) is 0 Å². The first-order valence-corrected chi connectivity index (χ1v) is 8.37. The van der Waals surface area contributed by atoms with Gasteiger partial charge in [-0.2, -0.15) is 0 Å². The minimum Gasteiger partial charge on any atom is -0.466 e. The van der Waals surface area contributed by atoms with Crippen LogP contribution in [0.2, 0.25) is 0 Å². The van der Waals surface area contributed by atoms with Gasteiger partial charge in [0.1, 0.15) is 11.1 Å². The summed E-state index contributed by atoms with van der Waals surface area (Å²) in [5, 5.41) is 13.1. The Morgan fingerprint density at radius 3 is 2.91 bits per heavy atom. The number of aliphatic hydroxyl groups is 1. The third-order valence-corrected chi connectivity index (χ3v) is 5.01. The van der Waals surface area contributed by atoms with Crippen LogP contribution in [0.25, 0.3) is 0 Å². The van der Waals surface area contributed by atoms with E-state index in [1.165, 1.54) is 0 Å². The van der Waals surface area contributed by atoms with Crippen LogP contribution in [0.1, 0.15) is 34.7 Å². The molecule has 2 unspecified atom stereocenters. The predicted octanol–water partition coefficient (Wildman–Crippen LogP) is 2.61. The number of pyridine rings is 1. The molecule has 0 radical (unpaired) electrons. The average Bonchev–Trinajstić information content (AvgIpc) is 3.14. The van der Waals surface area contributed by atoms with Crippen LogP contribution in [0.3, 0.4) is 0 Å². The molecule has 1 saturated heterocycles. The zero-order valence-electron chi connectivity index (χ0n) is 12.5. The van der Waals surface area contributed by atoms with Gasteiger partial charge in [-0.05, 0) is 24.6 Å². The first-order chi connectivity index (χ1) is 10.8. The van der Waals surface area contributed by atoms with Crippen molar-refractivity contribution in [3.05, 3.63) is 53.2 Å². The van der Waals surface area contributed by atoms with E-state index >= 15 is 0 Å². The van der Waals surface area contributed by atoms with Crippen molar-refractivity contribution in [2.24, 2.45) is 0 Å². The van der Waals surface area contributed by atoms with Gasteiger partial charge in [-0.1, -0.05) is 0 Å². The van der Waals surface area contributed by atoms with Crippen LogP contribution in [0.4, 0.5) is 0 Å². The number of hydrogen-bond acceptors (Lipinski definition) is 6. The third kappa shape index (κ3) is 3.52. The Hall–Kier alpha value is -1.34. The molecule has 1 aliphatic heterocycles. The molecule has 3 rings (SSSR count). The van der Waals surface area contributed by atoms with Crippen LogP contribution in [-0.4, -0.2) is 21.9 Å². The Morgan fingerprint density at radius 1 is 1.41 bits per heavy atom. The van der Waals surface area contributed by atoms with Gasteiger partial charge in [-0.25, -0.2) is 0 Å². The van der Waals surface area contributed by atoms with Crippen molar-refractivity contribution < 1.29 is 14.3 Å². The fourth-order valence-electron chi connectivity index (χ4n) is 2.45. The normalized spacial score (nSPS) is 21.4. The smallest absolute Gasteiger partial charge is 0.136 e. The fourth-order valence-corrected chi connectivity index (χ4v) is 3.70. The number of ether oxygens (including phenoxy) is 1. The average molecular weight is 320 g/mol. The number of nitrogens with zero attached hydrogens (tertiary/aromatic N) is 1. The Balaban J connectivity index is 1.67. The van der Waals surface area contributed by atoms with Crippen molar-refractivity contribution in [2.75, 3.05) is 5.75 Å². The minimum atomic E-state index is -0.0373. The molecule has 6 heteroatoms. The van der Waals surface area contributed by atoms with E-state index in [2.05, 4.69) is 17.2 Å². The molecule has 0 amide bonds. The van der Waals surface area contributed by atoms with Crippen LogP contribution >= 0.6 is 11.8 Å². The van der Waals surface area contributed by atoms with E-state index in [9.17, 15) is 5.11 Å². The first kappa shape index (κ1) is 15.6. The van der Waals surface area contributed by atoms with Gasteiger partial charge in [0.25, 0.3) is 0 Å². The number of hydrogen-bond donors (Lipinski definition) is 2. The second kappa shape index (κ2) is 7.28. The summed E-state index contributed by atoms with van der Waals surface area (Å²) in [6.45, 7) is 3.06. The first-order valence-electron chi connectivity index (χ1n) is 7.32. The van der Waals surface area contributed by atoms with Gasteiger partial charge in [-0.15, -0.1) is 11.8 Å². The molecule has 1 fully saturated rings. The molecule has 1 aliphatic rings. The van der Waals surface area contributed by atoms with E-state index in [1.54, 1.807) is 18.7 Å². The maximum atomic E-state index is 9.49. The Kier molecular flexibility index (Phi) is 5.15. The lowest BCUT2D eigenvalue weighted by Crippen LogP contribution is -2.22. The maximum Gasteiger partial charge on any atom is 0.136 e. The van der Waals surface area contributed by atoms with Crippen molar-refractivity contribution in [1.29, 1.82) is 0 Å². The van der Waals surface area contributed by atoms with Gasteiger partial charge in [0.05, 0.1) is 26.1 Å². The minimum absolute atomic E-state index is 0.0373. The number of aromatic nitrogens is 1. The number of thioether (sulfide) groups is 1. The second-order valence-electron chi connectivity index (χ2n) is 5.39. The van der Waals surface area contributed by atoms with Gasteiger partial charge in [0, 0.05) is 35.3 Å². The number of rotatable bonds is 6. The largest absolute Gasteiger partial charge is 0.466 e. The van der Waals surface area contributed by atoms with Crippen molar-refractivity contribution in [3.8, 4) is 0 Å². The summed E-state index contributed by atoms with van der Waals surface area (Å²) < 4.78 is 11.5. The van der Waals surface area contributed by atoms with Crippen LogP contribution < -0.4 is 5.32 Å². The highest BCUT2D eigenvalue weighted by molar-refractivity contribution is 7.99. The Labute approximate surface area is 134 Å². The molecule has 0 aromatic carbocycles. The Morgan fingerprint density at radius 2 is 2.23 bits per heavy atom. The zero-order chi connectivity index (χ0) is 15.4. The maximum absolute atomic E-state index is 9.49. The SMILES string of the molecule is CC1CSC(c2occ(CO)c2COCc2ccncc2)N1. The molecule has 3 heterocycles. The molecule has 0 aliphatic carbocycles. The topological polar surface area (TPSA) is 67.5 Å². The lowest BCUT2D eigenvalue weighted by Gasteiger charge is -2.12. The zero-order valence-corrected chi connectivity index (χ0v) is 13.3. The summed E-state index contributed by atoms with van der Waals surface area (Å²) in [6.07, 6.45) is 5.13. The van der Waals surface area contributed by atoms with Crippen LogP contribution in [0.15, 0.2) is 35.2 Å². The Bertz CT molecular complexity index is 603. The molecule has 0 bridgehead atoms. The molecule has 0 spiro atoms. The van der Waals surface area contributed by atoms with E-state index in [0.29, 0.717) is 19.3 Å². The standard InChI is InChI=1S/C16H20N2O3S/c1-11-10-22-16(18-11)15-14(13(6-19)8-21-15)9-20-7-12-2-4-17-5-3-12/h2-5,8,11,16,18-19H,6-7,9-10H2,1H3. The van der Waals surface area contributed by atoms with E-state index in [4.69, 9.17) is 9.15 Å². The molecule has 22 heavy (non-hydrogen) atoms. The van der Waals surface area contributed by atoms with Gasteiger partial charge in [0.2, 0.25) is 0 Å². The third-order valence-electron chi connectivity index (χ3n) is 3.63. The van der Waals surface area contributed by atoms with E-state index in [1.807, 2.05) is 23.9 Å². The summed E-state index contributed by atoms with van der Waals surface area (Å²) in [6, 6.07) is 4.32. The number of nitrogens with one attached hydrogen (secondary N) is 1. The van der Waals surface area contributed by atoms with E-state index in [0.717, 1.165) is 28.2 Å². The second-order valence-corrected chi connectivity index (χ2v) is 6.53. The number of furan rings is 1. The summed E-state index contributed by atoms with van der Waals surface area (Å²) in [5.74, 6) is 1.92. The van der Waals surface area contributed by atoms with Gasteiger partial charge in [-0.3, -0.25) is 10.3 Å². The number of aliphatic hydroxyl groups excluding tert-OH is 1. The predicted molar refractivity (Wildman–Crippen MR) is 85.2 cm³/mol. The molecule has 5 nitrogen and oxygen atoms in total. The monoisotopic (exact) mass is 320 g/mol. The van der Waals surface area contributed by atoms with Gasteiger partial charge in [0.15, 0.2) is 0 Å².